The molecule has 1 heterocycles. The van der Waals surface area contributed by atoms with E-state index in [2.05, 4.69) is 16.4 Å². The number of nitrogens with one attached hydrogen (secondary N) is 1. The van der Waals surface area contributed by atoms with E-state index in [-0.39, 0.29) is 5.91 Å². The normalized spacial score (nSPS) is 13.0. The average Bonchev–Trinajstić information content (AvgIpc) is 2.60. The molecule has 0 spiro atoms. The van der Waals surface area contributed by atoms with Crippen molar-refractivity contribution >= 4 is 46.6 Å². The van der Waals surface area contributed by atoms with E-state index in [0.29, 0.717) is 38.5 Å². The van der Waals surface area contributed by atoms with Crippen LogP contribution < -0.4 is 5.32 Å². The molecule has 0 atom stereocenters. The highest BCUT2D eigenvalue weighted by molar-refractivity contribution is 7.99. The van der Waals surface area contributed by atoms with Crippen molar-refractivity contribution in [3.05, 3.63) is 51.1 Å². The van der Waals surface area contributed by atoms with Crippen molar-refractivity contribution < 1.29 is 4.79 Å². The lowest BCUT2D eigenvalue weighted by Gasteiger charge is -2.16. The van der Waals surface area contributed by atoms with Crippen LogP contribution in [-0.2, 0) is 17.6 Å². The highest BCUT2D eigenvalue weighted by Gasteiger charge is 2.15. The van der Waals surface area contributed by atoms with E-state index in [0.717, 1.165) is 31.4 Å². The minimum absolute atomic E-state index is 0.132. The fourth-order valence-electron chi connectivity index (χ4n) is 2.89. The summed E-state index contributed by atoms with van der Waals surface area (Å²) >= 11 is 13.3. The minimum atomic E-state index is -0.132. The van der Waals surface area contributed by atoms with Crippen LogP contribution >= 0.6 is 35.0 Å². The number of amides is 1. The van der Waals surface area contributed by atoms with Gasteiger partial charge in [0.1, 0.15) is 11.1 Å². The van der Waals surface area contributed by atoms with Gasteiger partial charge in [-0.05, 0) is 55.5 Å². The summed E-state index contributed by atoms with van der Waals surface area (Å²) in [7, 11) is 0. The third kappa shape index (κ3) is 4.91. The van der Waals surface area contributed by atoms with Gasteiger partial charge >= 0.3 is 0 Å². The number of hydrogen-bond donors (Lipinski definition) is 1. The van der Waals surface area contributed by atoms with Crippen molar-refractivity contribution in [3.63, 3.8) is 0 Å². The molecule has 1 N–H and O–H groups in total. The number of halogens is 2. The molecule has 3 rings (SSSR count). The van der Waals surface area contributed by atoms with Crippen LogP contribution in [0, 0.1) is 11.3 Å². The summed E-state index contributed by atoms with van der Waals surface area (Å²) in [6.45, 7) is 0. The van der Waals surface area contributed by atoms with Gasteiger partial charge in [0.05, 0.1) is 5.56 Å². The predicted octanol–water partition coefficient (Wildman–Crippen LogP) is 5.26. The topological polar surface area (TPSA) is 65.8 Å². The first kappa shape index (κ1) is 19.0. The quantitative estimate of drug-likeness (QED) is 0.688. The third-order valence-corrected chi connectivity index (χ3v) is 5.53. The van der Waals surface area contributed by atoms with Crippen molar-refractivity contribution in [1.29, 1.82) is 5.26 Å². The maximum absolute atomic E-state index is 12.1. The Kier molecular flexibility index (Phi) is 6.42. The minimum Gasteiger partial charge on any atom is -0.326 e. The zero-order valence-electron chi connectivity index (χ0n) is 14.0. The molecule has 134 valence electrons. The Bertz CT molecular complexity index is 860. The van der Waals surface area contributed by atoms with Gasteiger partial charge in [0, 0.05) is 33.6 Å². The highest BCUT2D eigenvalue weighted by Crippen LogP contribution is 2.28. The van der Waals surface area contributed by atoms with Crippen molar-refractivity contribution in [3.8, 4) is 6.07 Å². The Morgan fingerprint density at radius 1 is 1.19 bits per heavy atom. The van der Waals surface area contributed by atoms with Crippen molar-refractivity contribution in [2.45, 2.75) is 37.1 Å². The van der Waals surface area contributed by atoms with Crippen LogP contribution in [0.25, 0.3) is 0 Å². The van der Waals surface area contributed by atoms with Gasteiger partial charge in [-0.2, -0.15) is 5.26 Å². The number of nitriles is 1. The summed E-state index contributed by atoms with van der Waals surface area (Å²) in [5, 5.41) is 13.8. The van der Waals surface area contributed by atoms with E-state index in [4.69, 9.17) is 23.2 Å². The molecule has 0 saturated carbocycles. The van der Waals surface area contributed by atoms with Crippen molar-refractivity contribution in [2.75, 3.05) is 11.1 Å². The summed E-state index contributed by atoms with van der Waals surface area (Å²) < 4.78 is 0. The average molecular weight is 406 g/mol. The first-order chi connectivity index (χ1) is 12.5. The molecule has 4 nitrogen and oxygen atoms in total. The van der Waals surface area contributed by atoms with E-state index in [1.54, 1.807) is 18.2 Å². The van der Waals surface area contributed by atoms with E-state index >= 15 is 0 Å². The Balaban J connectivity index is 1.59. The SMILES string of the molecule is N#Cc1cc2c(nc1SCCC(=O)Nc1cc(Cl)cc(Cl)c1)CCCC2. The maximum atomic E-state index is 12.1. The van der Waals surface area contributed by atoms with Crippen LogP contribution in [0.3, 0.4) is 0 Å². The van der Waals surface area contributed by atoms with Gasteiger partial charge in [-0.25, -0.2) is 4.98 Å². The largest absolute Gasteiger partial charge is 0.326 e. The zero-order chi connectivity index (χ0) is 18.5. The number of carbonyl (C=O) groups is 1. The monoisotopic (exact) mass is 405 g/mol. The van der Waals surface area contributed by atoms with E-state index < -0.39 is 0 Å². The number of aryl methyl sites for hydroxylation is 2. The molecule has 0 fully saturated rings. The molecule has 1 aliphatic carbocycles. The predicted molar refractivity (Wildman–Crippen MR) is 106 cm³/mol. The Morgan fingerprint density at radius 2 is 1.92 bits per heavy atom. The molecule has 0 saturated heterocycles. The molecule has 0 aliphatic heterocycles. The van der Waals surface area contributed by atoms with Gasteiger partial charge in [0.25, 0.3) is 0 Å². The Hall–Kier alpha value is -1.74. The first-order valence-electron chi connectivity index (χ1n) is 8.37. The number of rotatable bonds is 5. The van der Waals surface area contributed by atoms with Gasteiger partial charge in [0.2, 0.25) is 5.91 Å². The number of fused-ring (bicyclic) bond motifs is 1. The number of carbonyl (C=O) groups excluding carboxylic acids is 1. The maximum Gasteiger partial charge on any atom is 0.225 e. The van der Waals surface area contributed by atoms with Gasteiger partial charge in [0.15, 0.2) is 0 Å². The van der Waals surface area contributed by atoms with Crippen LogP contribution in [0.2, 0.25) is 10.0 Å². The number of pyridine rings is 1. The van der Waals surface area contributed by atoms with Crippen LogP contribution in [0.1, 0.15) is 36.1 Å². The standard InChI is InChI=1S/C19H17Cl2N3OS/c20-14-8-15(21)10-16(9-14)23-18(25)5-6-26-19-13(11-22)7-12-3-1-2-4-17(12)24-19/h7-10H,1-6H2,(H,23,25). The molecule has 0 unspecified atom stereocenters. The highest BCUT2D eigenvalue weighted by atomic mass is 35.5. The fraction of sp³-hybridized carbons (Fsp3) is 0.316. The first-order valence-corrected chi connectivity index (χ1v) is 10.1. The Morgan fingerprint density at radius 3 is 2.65 bits per heavy atom. The molecule has 26 heavy (non-hydrogen) atoms. The number of anilines is 1. The van der Waals surface area contributed by atoms with Gasteiger partial charge in [-0.15, -0.1) is 11.8 Å². The number of thioether (sulfide) groups is 1. The lowest BCUT2D eigenvalue weighted by atomic mass is 9.95. The molecule has 7 heteroatoms. The molecule has 0 bridgehead atoms. The molecule has 1 aromatic heterocycles. The second-order valence-electron chi connectivity index (χ2n) is 6.07. The molecule has 2 aromatic rings. The second-order valence-corrected chi connectivity index (χ2v) is 8.03. The zero-order valence-corrected chi connectivity index (χ0v) is 16.3. The Labute approximate surface area is 166 Å². The molecule has 0 radical (unpaired) electrons. The number of hydrogen-bond acceptors (Lipinski definition) is 4. The second kappa shape index (κ2) is 8.77. The van der Waals surface area contributed by atoms with E-state index in [9.17, 15) is 10.1 Å². The van der Waals surface area contributed by atoms with Gasteiger partial charge in [-0.1, -0.05) is 23.2 Å². The molecule has 1 aromatic carbocycles. The van der Waals surface area contributed by atoms with Crippen molar-refractivity contribution in [2.24, 2.45) is 0 Å². The lowest BCUT2D eigenvalue weighted by molar-refractivity contribution is -0.115. The van der Waals surface area contributed by atoms with E-state index in [1.807, 2.05) is 6.07 Å². The summed E-state index contributed by atoms with van der Waals surface area (Å²) in [5.41, 5.74) is 3.45. The molecule has 1 amide bonds. The van der Waals surface area contributed by atoms with Crippen LogP contribution in [0.15, 0.2) is 29.3 Å². The van der Waals surface area contributed by atoms with Crippen LogP contribution in [-0.4, -0.2) is 16.6 Å². The summed E-state index contributed by atoms with van der Waals surface area (Å²) in [4.78, 5) is 16.8. The summed E-state index contributed by atoms with van der Waals surface area (Å²) in [6.07, 6.45) is 4.55. The molecular weight excluding hydrogens is 389 g/mol. The molecule has 1 aliphatic rings. The fourth-order valence-corrected chi connectivity index (χ4v) is 4.34. The van der Waals surface area contributed by atoms with Gasteiger partial charge < -0.3 is 5.32 Å². The lowest BCUT2D eigenvalue weighted by Crippen LogP contribution is -2.12. The van der Waals surface area contributed by atoms with Crippen LogP contribution in [0.4, 0.5) is 5.69 Å². The van der Waals surface area contributed by atoms with Gasteiger partial charge in [-0.3, -0.25) is 4.79 Å². The summed E-state index contributed by atoms with van der Waals surface area (Å²) in [5.74, 6) is 0.410. The van der Waals surface area contributed by atoms with E-state index in [1.165, 1.54) is 17.3 Å². The summed E-state index contributed by atoms with van der Waals surface area (Å²) in [6, 6.07) is 9.09. The number of nitrogens with zero attached hydrogens (tertiary/aromatic N) is 2. The molecular formula is C19H17Cl2N3OS. The smallest absolute Gasteiger partial charge is 0.225 e. The number of aromatic nitrogens is 1. The number of benzene rings is 1. The van der Waals surface area contributed by atoms with Crippen LogP contribution in [0.5, 0.6) is 0 Å². The van der Waals surface area contributed by atoms with Crippen molar-refractivity contribution in [1.82, 2.24) is 4.98 Å². The third-order valence-electron chi connectivity index (χ3n) is 4.10.